The first-order chi connectivity index (χ1) is 9.81. The van der Waals surface area contributed by atoms with Gasteiger partial charge in [-0.1, -0.05) is 11.6 Å². The lowest BCUT2D eigenvalue weighted by atomic mass is 10.0. The molecule has 0 saturated carbocycles. The van der Waals surface area contributed by atoms with Gasteiger partial charge in [-0.05, 0) is 42.9 Å². The van der Waals surface area contributed by atoms with E-state index in [1.807, 2.05) is 0 Å². The molecule has 0 radical (unpaired) electrons. The summed E-state index contributed by atoms with van der Waals surface area (Å²) < 4.78 is 51.7. The second-order valence-electron chi connectivity index (χ2n) is 4.39. The molecule has 0 aliphatic heterocycles. The summed E-state index contributed by atoms with van der Waals surface area (Å²) in [4.78, 5) is 4.05. The van der Waals surface area contributed by atoms with E-state index in [2.05, 4.69) is 10.3 Å². The maximum atomic E-state index is 13.5. The minimum atomic E-state index is -4.61. The Morgan fingerprint density at radius 3 is 2.43 bits per heavy atom. The Hall–Kier alpha value is -1.66. The van der Waals surface area contributed by atoms with Crippen molar-refractivity contribution in [1.29, 1.82) is 0 Å². The molecule has 1 aromatic heterocycles. The molecule has 0 bridgehead atoms. The number of hydrogen-bond donors (Lipinski definition) is 1. The molecule has 0 fully saturated rings. The maximum Gasteiger partial charge on any atom is 0.416 e. The van der Waals surface area contributed by atoms with Crippen LogP contribution < -0.4 is 5.32 Å². The predicted octanol–water partition coefficient (Wildman–Crippen LogP) is 4.20. The molecule has 0 spiro atoms. The van der Waals surface area contributed by atoms with Gasteiger partial charge in [-0.2, -0.15) is 13.2 Å². The monoisotopic (exact) mass is 318 g/mol. The molecule has 21 heavy (non-hydrogen) atoms. The number of benzene rings is 1. The van der Waals surface area contributed by atoms with Crippen molar-refractivity contribution in [3.63, 3.8) is 0 Å². The van der Waals surface area contributed by atoms with Crippen molar-refractivity contribution in [2.24, 2.45) is 0 Å². The van der Waals surface area contributed by atoms with Crippen molar-refractivity contribution < 1.29 is 17.6 Å². The molecule has 2 rings (SSSR count). The molecule has 0 aliphatic carbocycles. The van der Waals surface area contributed by atoms with Crippen LogP contribution in [-0.2, 0) is 6.18 Å². The van der Waals surface area contributed by atoms with E-state index in [0.717, 1.165) is 12.1 Å². The third-order valence-corrected chi connectivity index (χ3v) is 3.14. The summed E-state index contributed by atoms with van der Waals surface area (Å²) in [6.45, 7) is 0. The van der Waals surface area contributed by atoms with Crippen LogP contribution in [0.15, 0.2) is 36.5 Å². The molecule has 2 nitrogen and oxygen atoms in total. The van der Waals surface area contributed by atoms with E-state index in [9.17, 15) is 17.6 Å². The van der Waals surface area contributed by atoms with Gasteiger partial charge in [-0.3, -0.25) is 4.98 Å². The predicted molar refractivity (Wildman–Crippen MR) is 71.6 cm³/mol. The Morgan fingerprint density at radius 2 is 1.90 bits per heavy atom. The minimum absolute atomic E-state index is 0.139. The highest BCUT2D eigenvalue weighted by molar-refractivity contribution is 6.30. The van der Waals surface area contributed by atoms with Gasteiger partial charge in [-0.15, -0.1) is 0 Å². The van der Waals surface area contributed by atoms with Gasteiger partial charge in [0.15, 0.2) is 0 Å². The number of rotatable bonds is 3. The Kier molecular flexibility index (Phi) is 4.49. The Bertz CT molecular complexity index is 626. The quantitative estimate of drug-likeness (QED) is 0.858. The van der Waals surface area contributed by atoms with Gasteiger partial charge in [0, 0.05) is 6.20 Å². The van der Waals surface area contributed by atoms with Crippen molar-refractivity contribution in [2.75, 3.05) is 7.05 Å². The SMILES string of the molecule is CN[C@@H](c1cc(F)cc(C(F)(F)F)c1)c1ccc(Cl)cn1. The van der Waals surface area contributed by atoms with Gasteiger partial charge in [0.1, 0.15) is 5.82 Å². The number of alkyl halides is 3. The van der Waals surface area contributed by atoms with Gasteiger partial charge in [0.25, 0.3) is 0 Å². The highest BCUT2D eigenvalue weighted by atomic mass is 35.5. The van der Waals surface area contributed by atoms with Crippen molar-refractivity contribution >= 4 is 11.6 Å². The number of hydrogen-bond acceptors (Lipinski definition) is 2. The third-order valence-electron chi connectivity index (χ3n) is 2.92. The summed E-state index contributed by atoms with van der Waals surface area (Å²) in [5, 5.41) is 3.23. The topological polar surface area (TPSA) is 24.9 Å². The summed E-state index contributed by atoms with van der Waals surface area (Å²) in [6.07, 6.45) is -3.23. The van der Waals surface area contributed by atoms with Crippen LogP contribution in [-0.4, -0.2) is 12.0 Å². The standard InChI is InChI=1S/C14H11ClF4N2/c1-20-13(12-3-2-10(15)7-21-12)8-4-9(14(17,18)19)6-11(16)5-8/h2-7,13,20H,1H3/t13-/m0/s1. The molecule has 1 N–H and O–H groups in total. The van der Waals surface area contributed by atoms with E-state index in [1.54, 1.807) is 19.2 Å². The molecule has 7 heteroatoms. The summed E-state index contributed by atoms with van der Waals surface area (Å²) >= 11 is 5.72. The summed E-state index contributed by atoms with van der Waals surface area (Å²) in [7, 11) is 1.55. The van der Waals surface area contributed by atoms with E-state index in [1.165, 1.54) is 6.20 Å². The van der Waals surface area contributed by atoms with Crippen LogP contribution in [0.25, 0.3) is 0 Å². The van der Waals surface area contributed by atoms with Crippen LogP contribution in [0.3, 0.4) is 0 Å². The van der Waals surface area contributed by atoms with Crippen molar-refractivity contribution in [1.82, 2.24) is 10.3 Å². The van der Waals surface area contributed by atoms with Gasteiger partial charge in [0.2, 0.25) is 0 Å². The van der Waals surface area contributed by atoms with Crippen LogP contribution in [0.4, 0.5) is 17.6 Å². The fraction of sp³-hybridized carbons (Fsp3) is 0.214. The number of nitrogens with one attached hydrogen (secondary N) is 1. The zero-order valence-corrected chi connectivity index (χ0v) is 11.6. The van der Waals surface area contributed by atoms with Crippen LogP contribution in [0.5, 0.6) is 0 Å². The molecule has 0 aliphatic rings. The highest BCUT2D eigenvalue weighted by Gasteiger charge is 2.32. The molecular weight excluding hydrogens is 308 g/mol. The zero-order chi connectivity index (χ0) is 15.6. The fourth-order valence-electron chi connectivity index (χ4n) is 1.99. The average Bonchev–Trinajstić information content (AvgIpc) is 2.40. The number of nitrogens with zero attached hydrogens (tertiary/aromatic N) is 1. The van der Waals surface area contributed by atoms with Crippen molar-refractivity contribution in [2.45, 2.75) is 12.2 Å². The molecule has 1 aromatic carbocycles. The molecule has 1 atom stereocenters. The van der Waals surface area contributed by atoms with Gasteiger partial charge < -0.3 is 5.32 Å². The molecule has 0 unspecified atom stereocenters. The van der Waals surface area contributed by atoms with E-state index in [-0.39, 0.29) is 5.56 Å². The number of halogens is 5. The Balaban J connectivity index is 2.47. The van der Waals surface area contributed by atoms with Crippen LogP contribution in [0.1, 0.15) is 22.9 Å². The van der Waals surface area contributed by atoms with Crippen LogP contribution >= 0.6 is 11.6 Å². The first-order valence-corrected chi connectivity index (χ1v) is 6.35. The molecule has 0 saturated heterocycles. The fourth-order valence-corrected chi connectivity index (χ4v) is 2.10. The minimum Gasteiger partial charge on any atom is -0.308 e. The van der Waals surface area contributed by atoms with E-state index in [0.29, 0.717) is 16.8 Å². The maximum absolute atomic E-state index is 13.5. The largest absolute Gasteiger partial charge is 0.416 e. The van der Waals surface area contributed by atoms with Crippen LogP contribution in [0, 0.1) is 5.82 Å². The van der Waals surface area contributed by atoms with E-state index < -0.39 is 23.6 Å². The lowest BCUT2D eigenvalue weighted by molar-refractivity contribution is -0.137. The molecule has 2 aromatic rings. The lowest BCUT2D eigenvalue weighted by Gasteiger charge is -2.18. The highest BCUT2D eigenvalue weighted by Crippen LogP contribution is 2.32. The first kappa shape index (κ1) is 15.7. The normalized spacial score (nSPS) is 13.2. The smallest absolute Gasteiger partial charge is 0.308 e. The summed E-state index contributed by atoms with van der Waals surface area (Å²) in [5.74, 6) is -0.950. The summed E-state index contributed by atoms with van der Waals surface area (Å²) in [5.41, 5.74) is -0.452. The molecule has 1 heterocycles. The van der Waals surface area contributed by atoms with Crippen LogP contribution in [0.2, 0.25) is 5.02 Å². The number of pyridine rings is 1. The summed E-state index contributed by atoms with van der Waals surface area (Å²) in [6, 6.07) is 4.89. The lowest BCUT2D eigenvalue weighted by Crippen LogP contribution is -2.20. The van der Waals surface area contributed by atoms with Crippen molar-refractivity contribution in [3.8, 4) is 0 Å². The van der Waals surface area contributed by atoms with E-state index >= 15 is 0 Å². The Morgan fingerprint density at radius 1 is 1.19 bits per heavy atom. The van der Waals surface area contributed by atoms with Gasteiger partial charge in [0.05, 0.1) is 22.3 Å². The average molecular weight is 319 g/mol. The molecular formula is C14H11ClF4N2. The van der Waals surface area contributed by atoms with Gasteiger partial charge in [-0.25, -0.2) is 4.39 Å². The first-order valence-electron chi connectivity index (χ1n) is 5.97. The molecule has 112 valence electrons. The second kappa shape index (κ2) is 5.99. The molecule has 0 amide bonds. The Labute approximate surface area is 123 Å². The second-order valence-corrected chi connectivity index (χ2v) is 4.83. The number of aromatic nitrogens is 1. The van der Waals surface area contributed by atoms with Crippen molar-refractivity contribution in [3.05, 3.63) is 64.2 Å². The zero-order valence-electron chi connectivity index (χ0n) is 10.9. The third kappa shape index (κ3) is 3.71. The van der Waals surface area contributed by atoms with Gasteiger partial charge >= 0.3 is 6.18 Å². The van der Waals surface area contributed by atoms with E-state index in [4.69, 9.17) is 11.6 Å².